The smallest absolute Gasteiger partial charge is 0.156 e. The average Bonchev–Trinajstić information content (AvgIpc) is 2.89. The van der Waals surface area contributed by atoms with Crippen molar-refractivity contribution in [2.45, 2.75) is 50.0 Å². The van der Waals surface area contributed by atoms with Crippen molar-refractivity contribution in [3.05, 3.63) is 0 Å². The Morgan fingerprint density at radius 2 is 2.18 bits per heavy atom. The highest BCUT2D eigenvalue weighted by Gasteiger charge is 2.42. The molecule has 1 saturated carbocycles. The maximum absolute atomic E-state index is 4.63. The minimum absolute atomic E-state index is 0.416. The summed E-state index contributed by atoms with van der Waals surface area (Å²) in [6.45, 7) is 9.03. The second kappa shape index (κ2) is 5.04. The highest BCUT2D eigenvalue weighted by molar-refractivity contribution is 8.14. The number of nitrogens with zero attached hydrogens (tertiary/aromatic N) is 1. The Labute approximate surface area is 114 Å². The van der Waals surface area contributed by atoms with Crippen LogP contribution in [0.15, 0.2) is 4.99 Å². The Morgan fingerprint density at radius 3 is 2.71 bits per heavy atom. The Balaban J connectivity index is 1.71. The molecule has 1 aliphatic carbocycles. The van der Waals surface area contributed by atoms with Crippen LogP contribution in [0.25, 0.3) is 0 Å². The van der Waals surface area contributed by atoms with E-state index in [2.05, 4.69) is 37.3 Å². The van der Waals surface area contributed by atoms with Crippen LogP contribution in [0.3, 0.4) is 0 Å². The Morgan fingerprint density at radius 1 is 1.47 bits per heavy atom. The molecule has 2 rings (SSSR count). The molecule has 1 unspecified atom stereocenters. The first kappa shape index (κ1) is 13.6. The van der Waals surface area contributed by atoms with Gasteiger partial charge in [0, 0.05) is 16.5 Å². The third kappa shape index (κ3) is 4.09. The van der Waals surface area contributed by atoms with Crippen molar-refractivity contribution in [2.24, 2.45) is 10.4 Å². The van der Waals surface area contributed by atoms with E-state index in [9.17, 15) is 0 Å². The lowest BCUT2D eigenvalue weighted by atomic mass is 9.90. The zero-order valence-electron chi connectivity index (χ0n) is 11.4. The van der Waals surface area contributed by atoms with Crippen molar-refractivity contribution >= 4 is 28.7 Å². The summed E-state index contributed by atoms with van der Waals surface area (Å²) < 4.78 is 0.533. The molecule has 2 nitrogen and oxygen atoms in total. The third-order valence-electron chi connectivity index (χ3n) is 3.36. The summed E-state index contributed by atoms with van der Waals surface area (Å²) in [5.41, 5.74) is 0.416. The van der Waals surface area contributed by atoms with Gasteiger partial charge in [-0.25, -0.2) is 0 Å². The molecule has 4 heteroatoms. The maximum Gasteiger partial charge on any atom is 0.156 e. The lowest BCUT2D eigenvalue weighted by Crippen LogP contribution is -2.29. The molecule has 0 amide bonds. The molecule has 0 aromatic rings. The molecule has 0 bridgehead atoms. The molecule has 1 aliphatic heterocycles. The van der Waals surface area contributed by atoms with Gasteiger partial charge in [-0.3, -0.25) is 4.99 Å². The molecule has 0 aromatic carbocycles. The molecular formula is C13H24N2S2. The quantitative estimate of drug-likeness (QED) is 0.849. The Kier molecular flexibility index (Phi) is 4.03. The van der Waals surface area contributed by atoms with Gasteiger partial charge in [-0.1, -0.05) is 32.5 Å². The molecule has 1 heterocycles. The topological polar surface area (TPSA) is 24.4 Å². The fourth-order valence-electron chi connectivity index (χ4n) is 2.13. The zero-order valence-corrected chi connectivity index (χ0v) is 13.0. The van der Waals surface area contributed by atoms with Gasteiger partial charge < -0.3 is 5.32 Å². The van der Waals surface area contributed by atoms with E-state index in [1.807, 2.05) is 23.5 Å². The minimum atomic E-state index is 0.416. The number of nitrogens with one attached hydrogen (secondary N) is 1. The molecule has 0 radical (unpaired) electrons. The number of thioether (sulfide) groups is 2. The second-order valence-corrected chi connectivity index (χ2v) is 8.95. The van der Waals surface area contributed by atoms with E-state index >= 15 is 0 Å². The van der Waals surface area contributed by atoms with Crippen LogP contribution in [0.4, 0.5) is 0 Å². The molecule has 1 N–H and O–H groups in total. The summed E-state index contributed by atoms with van der Waals surface area (Å²) in [5.74, 6) is 0. The largest absolute Gasteiger partial charge is 0.364 e. The SMILES string of the molecule is CSC1(CNC2=NCC(CC(C)(C)C)S2)CC1. The maximum atomic E-state index is 4.63. The van der Waals surface area contributed by atoms with E-state index in [-0.39, 0.29) is 0 Å². The fraction of sp³-hybridized carbons (Fsp3) is 0.923. The van der Waals surface area contributed by atoms with Crippen LogP contribution in [-0.2, 0) is 0 Å². The Bertz CT molecular complexity index is 303. The van der Waals surface area contributed by atoms with Gasteiger partial charge in [0.2, 0.25) is 0 Å². The van der Waals surface area contributed by atoms with Crippen molar-refractivity contribution < 1.29 is 0 Å². The van der Waals surface area contributed by atoms with Crippen LogP contribution in [0, 0.1) is 5.41 Å². The van der Waals surface area contributed by atoms with Crippen molar-refractivity contribution in [3.63, 3.8) is 0 Å². The van der Waals surface area contributed by atoms with Crippen molar-refractivity contribution in [2.75, 3.05) is 19.3 Å². The van der Waals surface area contributed by atoms with Crippen molar-refractivity contribution in [1.82, 2.24) is 5.32 Å². The van der Waals surface area contributed by atoms with Gasteiger partial charge in [-0.2, -0.15) is 11.8 Å². The molecule has 1 atom stereocenters. The van der Waals surface area contributed by atoms with E-state index in [1.165, 1.54) is 24.4 Å². The number of amidine groups is 1. The van der Waals surface area contributed by atoms with Crippen LogP contribution < -0.4 is 5.32 Å². The second-order valence-electron chi connectivity index (χ2n) is 6.39. The first-order valence-electron chi connectivity index (χ1n) is 6.43. The number of rotatable bonds is 4. The normalized spacial score (nSPS) is 26.8. The van der Waals surface area contributed by atoms with Gasteiger partial charge in [0.15, 0.2) is 5.17 Å². The average molecular weight is 272 g/mol. The molecule has 0 spiro atoms. The monoisotopic (exact) mass is 272 g/mol. The predicted octanol–water partition coefficient (Wildman–Crippen LogP) is 3.38. The minimum Gasteiger partial charge on any atom is -0.364 e. The molecule has 98 valence electrons. The summed E-state index contributed by atoms with van der Waals surface area (Å²) in [4.78, 5) is 4.63. The van der Waals surface area contributed by atoms with Gasteiger partial charge in [0.25, 0.3) is 0 Å². The molecule has 2 aliphatic rings. The van der Waals surface area contributed by atoms with Crippen LogP contribution in [0.1, 0.15) is 40.0 Å². The van der Waals surface area contributed by atoms with Crippen LogP contribution >= 0.6 is 23.5 Å². The first-order valence-corrected chi connectivity index (χ1v) is 8.53. The van der Waals surface area contributed by atoms with Gasteiger partial charge in [-0.05, 0) is 30.9 Å². The number of hydrogen-bond acceptors (Lipinski definition) is 4. The van der Waals surface area contributed by atoms with Crippen LogP contribution in [0.2, 0.25) is 0 Å². The van der Waals surface area contributed by atoms with Gasteiger partial charge in [0.05, 0.1) is 6.54 Å². The molecule has 1 fully saturated rings. The lowest BCUT2D eigenvalue weighted by molar-refractivity contribution is 0.375. The van der Waals surface area contributed by atoms with Crippen molar-refractivity contribution in [1.29, 1.82) is 0 Å². The van der Waals surface area contributed by atoms with Gasteiger partial charge in [-0.15, -0.1) is 0 Å². The fourth-order valence-corrected chi connectivity index (χ4v) is 4.21. The third-order valence-corrected chi connectivity index (χ3v) is 5.92. The number of aliphatic imine (C=N–C) groups is 1. The van der Waals surface area contributed by atoms with Gasteiger partial charge >= 0.3 is 0 Å². The first-order chi connectivity index (χ1) is 7.92. The summed E-state index contributed by atoms with van der Waals surface area (Å²) >= 11 is 3.95. The van der Waals surface area contributed by atoms with Crippen molar-refractivity contribution in [3.8, 4) is 0 Å². The van der Waals surface area contributed by atoms with Crippen LogP contribution in [0.5, 0.6) is 0 Å². The van der Waals surface area contributed by atoms with E-state index in [4.69, 9.17) is 0 Å². The Hall–Kier alpha value is 0.170. The summed E-state index contributed by atoms with van der Waals surface area (Å²) in [5, 5.41) is 5.41. The molecule has 0 aromatic heterocycles. The zero-order chi connectivity index (χ0) is 12.5. The van der Waals surface area contributed by atoms with Crippen LogP contribution in [-0.4, -0.2) is 34.5 Å². The lowest BCUT2D eigenvalue weighted by Gasteiger charge is -2.21. The van der Waals surface area contributed by atoms with E-state index in [0.717, 1.165) is 13.1 Å². The molecule has 17 heavy (non-hydrogen) atoms. The molecule has 0 saturated heterocycles. The van der Waals surface area contributed by atoms with Gasteiger partial charge in [0.1, 0.15) is 0 Å². The summed E-state index contributed by atoms with van der Waals surface area (Å²) in [6.07, 6.45) is 6.20. The summed E-state index contributed by atoms with van der Waals surface area (Å²) in [7, 11) is 0. The molecular weight excluding hydrogens is 248 g/mol. The highest BCUT2D eigenvalue weighted by atomic mass is 32.2. The number of hydrogen-bond donors (Lipinski definition) is 1. The van der Waals surface area contributed by atoms with E-state index in [0.29, 0.717) is 15.4 Å². The predicted molar refractivity (Wildman–Crippen MR) is 81.2 cm³/mol. The van der Waals surface area contributed by atoms with E-state index < -0.39 is 0 Å². The van der Waals surface area contributed by atoms with E-state index in [1.54, 1.807) is 0 Å². The highest BCUT2D eigenvalue weighted by Crippen LogP contribution is 2.46. The standard InChI is InChI=1S/C13H24N2S2/c1-12(2,3)7-10-8-14-11(17-10)15-9-13(16-4)5-6-13/h10H,5-9H2,1-4H3,(H,14,15). The summed E-state index contributed by atoms with van der Waals surface area (Å²) in [6, 6.07) is 0.